The van der Waals surface area contributed by atoms with Crippen molar-refractivity contribution in [2.75, 3.05) is 25.6 Å². The standard InChI is InChI=1S/C24H52O3S/c1-6-11-13-15-16-18-20-22-24(21-19-17-14-12-7-2)23-28(25-8-3,26-9-4)27-10-5/h24H,6-23H2,1-5H3. The van der Waals surface area contributed by atoms with Crippen LogP contribution in [0.1, 0.15) is 125 Å². The molecule has 0 radical (unpaired) electrons. The minimum atomic E-state index is -1.85. The van der Waals surface area contributed by atoms with E-state index in [9.17, 15) is 0 Å². The van der Waals surface area contributed by atoms with Crippen LogP contribution in [0, 0.1) is 5.92 Å². The molecule has 0 saturated heterocycles. The first-order valence-electron chi connectivity index (χ1n) is 12.4. The molecule has 0 heterocycles. The van der Waals surface area contributed by atoms with Gasteiger partial charge in [-0.05, 0) is 39.5 Å². The smallest absolute Gasteiger partial charge is 0.0890 e. The van der Waals surface area contributed by atoms with Gasteiger partial charge in [0.05, 0.1) is 30.7 Å². The van der Waals surface area contributed by atoms with Gasteiger partial charge in [0.15, 0.2) is 0 Å². The molecule has 1 atom stereocenters. The highest BCUT2D eigenvalue weighted by molar-refractivity contribution is 8.21. The summed E-state index contributed by atoms with van der Waals surface area (Å²) in [7, 11) is -1.85. The average Bonchev–Trinajstić information content (AvgIpc) is 2.67. The van der Waals surface area contributed by atoms with E-state index in [1.54, 1.807) is 0 Å². The summed E-state index contributed by atoms with van der Waals surface area (Å²) in [5.74, 6) is 1.61. The molecule has 0 aromatic carbocycles. The first-order valence-corrected chi connectivity index (χ1v) is 14.0. The quantitative estimate of drug-likeness (QED) is 0.164. The van der Waals surface area contributed by atoms with Gasteiger partial charge >= 0.3 is 0 Å². The van der Waals surface area contributed by atoms with E-state index in [-0.39, 0.29) is 0 Å². The predicted octanol–water partition coefficient (Wildman–Crippen LogP) is 8.76. The third kappa shape index (κ3) is 15.1. The molecule has 0 aliphatic carbocycles. The molecule has 0 aromatic rings. The highest BCUT2D eigenvalue weighted by Gasteiger charge is 2.30. The summed E-state index contributed by atoms with van der Waals surface area (Å²) in [6.07, 6.45) is 19.0. The molecule has 0 amide bonds. The van der Waals surface area contributed by atoms with Gasteiger partial charge in [-0.2, -0.15) is 0 Å². The molecule has 172 valence electrons. The van der Waals surface area contributed by atoms with Gasteiger partial charge in [-0.15, -0.1) is 0 Å². The van der Waals surface area contributed by atoms with Crippen molar-refractivity contribution in [3.63, 3.8) is 0 Å². The predicted molar refractivity (Wildman–Crippen MR) is 127 cm³/mol. The van der Waals surface area contributed by atoms with Crippen LogP contribution in [0.2, 0.25) is 0 Å². The van der Waals surface area contributed by atoms with Crippen molar-refractivity contribution in [2.45, 2.75) is 125 Å². The Hall–Kier alpha value is 0.230. The third-order valence-electron chi connectivity index (χ3n) is 5.26. The van der Waals surface area contributed by atoms with Crippen molar-refractivity contribution < 1.29 is 12.5 Å². The lowest BCUT2D eigenvalue weighted by atomic mass is 9.95. The van der Waals surface area contributed by atoms with E-state index >= 15 is 0 Å². The molecule has 0 N–H and O–H groups in total. The fourth-order valence-electron chi connectivity index (χ4n) is 3.81. The fraction of sp³-hybridized carbons (Fsp3) is 1.00. The van der Waals surface area contributed by atoms with Gasteiger partial charge in [-0.3, -0.25) is 12.5 Å². The summed E-state index contributed by atoms with van der Waals surface area (Å²) in [4.78, 5) is 0. The Kier molecular flexibility index (Phi) is 20.7. The van der Waals surface area contributed by atoms with Gasteiger partial charge in [-0.1, -0.05) is 90.9 Å². The maximum atomic E-state index is 6.10. The molecular weight excluding hydrogens is 368 g/mol. The summed E-state index contributed by atoms with van der Waals surface area (Å²) in [6.45, 7) is 12.7. The molecular formula is C24H52O3S. The second-order valence-electron chi connectivity index (χ2n) is 7.92. The number of hydrogen-bond acceptors (Lipinski definition) is 3. The van der Waals surface area contributed by atoms with E-state index in [1.807, 2.05) is 0 Å². The van der Waals surface area contributed by atoms with Crippen LogP contribution in [0.15, 0.2) is 0 Å². The van der Waals surface area contributed by atoms with Crippen molar-refractivity contribution in [3.05, 3.63) is 0 Å². The van der Waals surface area contributed by atoms with Crippen LogP contribution in [0.25, 0.3) is 0 Å². The van der Waals surface area contributed by atoms with Crippen LogP contribution in [0.3, 0.4) is 0 Å². The molecule has 0 spiro atoms. The number of unbranched alkanes of at least 4 members (excludes halogenated alkanes) is 10. The van der Waals surface area contributed by atoms with E-state index in [0.29, 0.717) is 25.7 Å². The van der Waals surface area contributed by atoms with Crippen LogP contribution in [0.4, 0.5) is 0 Å². The van der Waals surface area contributed by atoms with Crippen molar-refractivity contribution >= 4 is 10.9 Å². The maximum Gasteiger partial charge on any atom is 0.0890 e. The van der Waals surface area contributed by atoms with Gasteiger partial charge in [0.1, 0.15) is 0 Å². The molecule has 0 aliphatic rings. The van der Waals surface area contributed by atoms with Crippen LogP contribution in [-0.2, 0) is 12.5 Å². The molecule has 0 bridgehead atoms. The average molecular weight is 421 g/mol. The lowest BCUT2D eigenvalue weighted by molar-refractivity contribution is 0.180. The van der Waals surface area contributed by atoms with Crippen LogP contribution in [-0.4, -0.2) is 25.6 Å². The summed E-state index contributed by atoms with van der Waals surface area (Å²) in [5, 5.41) is 0. The number of rotatable bonds is 22. The Bertz CT molecular complexity index is 295. The zero-order chi connectivity index (χ0) is 20.9. The Morgan fingerprint density at radius 3 is 1.21 bits per heavy atom. The molecule has 0 aliphatic heterocycles. The second-order valence-corrected chi connectivity index (χ2v) is 10.1. The van der Waals surface area contributed by atoms with E-state index < -0.39 is 10.9 Å². The van der Waals surface area contributed by atoms with Gasteiger partial charge < -0.3 is 0 Å². The lowest BCUT2D eigenvalue weighted by Crippen LogP contribution is -2.22. The van der Waals surface area contributed by atoms with Crippen molar-refractivity contribution in [1.82, 2.24) is 0 Å². The molecule has 1 unspecified atom stereocenters. The zero-order valence-electron chi connectivity index (χ0n) is 19.9. The Labute approximate surface area is 179 Å². The minimum Gasteiger partial charge on any atom is -0.293 e. The molecule has 0 aromatic heterocycles. The Balaban J connectivity index is 4.59. The van der Waals surface area contributed by atoms with Crippen molar-refractivity contribution in [3.8, 4) is 0 Å². The lowest BCUT2D eigenvalue weighted by Gasteiger charge is -2.39. The van der Waals surface area contributed by atoms with Gasteiger partial charge in [0.25, 0.3) is 0 Å². The molecule has 0 fully saturated rings. The van der Waals surface area contributed by atoms with Gasteiger partial charge in [0.2, 0.25) is 0 Å². The maximum absolute atomic E-state index is 6.10. The van der Waals surface area contributed by atoms with E-state index in [0.717, 1.165) is 5.75 Å². The Morgan fingerprint density at radius 1 is 0.500 bits per heavy atom. The summed E-state index contributed by atoms with van der Waals surface area (Å²) < 4.78 is 18.3. The highest BCUT2D eigenvalue weighted by atomic mass is 32.3. The van der Waals surface area contributed by atoms with Crippen LogP contribution < -0.4 is 0 Å². The topological polar surface area (TPSA) is 27.7 Å². The third-order valence-corrected chi connectivity index (χ3v) is 7.93. The minimum absolute atomic E-state index is 0.663. The van der Waals surface area contributed by atoms with Gasteiger partial charge in [0, 0.05) is 5.75 Å². The fourth-order valence-corrected chi connectivity index (χ4v) is 6.29. The molecule has 4 heteroatoms. The summed E-state index contributed by atoms with van der Waals surface area (Å²) in [6, 6.07) is 0. The summed E-state index contributed by atoms with van der Waals surface area (Å²) in [5.41, 5.74) is 0. The van der Waals surface area contributed by atoms with Crippen molar-refractivity contribution in [2.24, 2.45) is 5.92 Å². The van der Waals surface area contributed by atoms with E-state index in [1.165, 1.54) is 89.9 Å². The van der Waals surface area contributed by atoms with Crippen LogP contribution >= 0.6 is 10.9 Å². The van der Waals surface area contributed by atoms with E-state index in [4.69, 9.17) is 12.5 Å². The first kappa shape index (κ1) is 28.2. The largest absolute Gasteiger partial charge is 0.293 e. The zero-order valence-corrected chi connectivity index (χ0v) is 20.8. The molecule has 0 saturated carbocycles. The van der Waals surface area contributed by atoms with Crippen molar-refractivity contribution in [1.29, 1.82) is 0 Å². The Morgan fingerprint density at radius 2 is 0.857 bits per heavy atom. The molecule has 28 heavy (non-hydrogen) atoms. The normalized spacial score (nSPS) is 13.8. The monoisotopic (exact) mass is 420 g/mol. The molecule has 3 nitrogen and oxygen atoms in total. The SMILES string of the molecule is CCCCCCCCCC(CCCCCCC)CS(OCC)(OCC)OCC. The molecule has 0 rings (SSSR count). The summed E-state index contributed by atoms with van der Waals surface area (Å²) >= 11 is 0. The number of hydrogen-bond donors (Lipinski definition) is 0. The van der Waals surface area contributed by atoms with Crippen LogP contribution in [0.5, 0.6) is 0 Å². The first-order chi connectivity index (χ1) is 13.7. The van der Waals surface area contributed by atoms with E-state index in [2.05, 4.69) is 34.6 Å². The highest BCUT2D eigenvalue weighted by Crippen LogP contribution is 2.53. The second kappa shape index (κ2) is 20.5. The van der Waals surface area contributed by atoms with Gasteiger partial charge in [-0.25, -0.2) is 0 Å².